The van der Waals surface area contributed by atoms with Crippen LogP contribution in [0.5, 0.6) is 0 Å². The number of benzene rings is 3. The van der Waals surface area contributed by atoms with Crippen LogP contribution < -0.4 is 5.32 Å². The number of aromatic nitrogens is 2. The summed E-state index contributed by atoms with van der Waals surface area (Å²) in [4.78, 5) is 35.9. The molecule has 2 fully saturated rings. The molecule has 1 saturated carbocycles. The van der Waals surface area contributed by atoms with Crippen molar-refractivity contribution in [1.82, 2.24) is 14.9 Å². The number of rotatable bonds is 9. The summed E-state index contributed by atoms with van der Waals surface area (Å²) in [5, 5.41) is 27.7. The van der Waals surface area contributed by atoms with E-state index in [2.05, 4.69) is 47.2 Å². The number of aliphatic hydroxyl groups excluding tert-OH is 1. The molecular formula is C44H43N5O6. The number of β-amino-alcohol motifs (C(OH)–C–C–N with tert-alkyl or cyclic N) is 1. The zero-order valence-corrected chi connectivity index (χ0v) is 31.2. The molecule has 11 nitrogen and oxygen atoms in total. The number of furan rings is 1. The Bertz CT molecular complexity index is 2510. The minimum atomic E-state index is -0.339. The van der Waals surface area contributed by atoms with E-state index in [1.807, 2.05) is 42.6 Å². The molecule has 0 spiro atoms. The Labute approximate surface area is 318 Å². The number of non-ortho nitro benzene ring substituents is 1. The van der Waals surface area contributed by atoms with Crippen molar-refractivity contribution >= 4 is 45.0 Å². The first-order chi connectivity index (χ1) is 26.7. The molecule has 6 aromatic rings. The van der Waals surface area contributed by atoms with E-state index in [1.54, 1.807) is 12.3 Å². The van der Waals surface area contributed by atoms with E-state index in [1.165, 1.54) is 7.11 Å². The Morgan fingerprint density at radius 3 is 2.58 bits per heavy atom. The van der Waals surface area contributed by atoms with Crippen molar-refractivity contribution in [1.29, 1.82) is 0 Å². The van der Waals surface area contributed by atoms with Crippen LogP contribution >= 0.6 is 0 Å². The highest BCUT2D eigenvalue weighted by atomic mass is 16.6. The molecule has 1 unspecified atom stereocenters. The molecule has 3 aromatic carbocycles. The van der Waals surface area contributed by atoms with Gasteiger partial charge >= 0.3 is 11.7 Å². The number of nitrogens with zero attached hydrogens (tertiary/aromatic N) is 4. The summed E-state index contributed by atoms with van der Waals surface area (Å²) in [6, 6.07) is 20.1. The standard InChI is InChI=1S/C44H43N5O6/c1-24-31(32-7-5-9-38(25(32)2)47-43-41-27(12-14-45-43)16-26(21-46-41)22-48-15-13-30(50)23-48)6-4-8-33(24)40-20-37-35-11-10-34(28-17-29(18-28)44(51)54-3)36(35)19-39(49(52)53)42(37)55-40/h4-9,12,14,16,19-21,28-30,34,50H,10-11,13,15,17-18,22-23H2,1-3H3,(H,45,47)/t28?,29?,30-,34?/m1/s1. The quantitative estimate of drug-likeness (QED) is 0.0840. The fourth-order valence-corrected chi connectivity index (χ4v) is 9.32. The number of carbonyl (C=O) groups is 1. The number of hydrogen-bond donors (Lipinski definition) is 2. The Morgan fingerprint density at radius 2 is 1.82 bits per heavy atom. The number of aryl methyl sites for hydroxylation is 1. The molecule has 55 heavy (non-hydrogen) atoms. The fraction of sp³-hybridized carbons (Fsp3) is 0.341. The molecule has 3 aliphatic rings. The van der Waals surface area contributed by atoms with Crippen molar-refractivity contribution < 1.29 is 24.0 Å². The third-order valence-electron chi connectivity index (χ3n) is 12.3. The van der Waals surface area contributed by atoms with E-state index >= 15 is 0 Å². The molecule has 0 amide bonds. The Hall–Kier alpha value is -5.65. The summed E-state index contributed by atoms with van der Waals surface area (Å²) in [6.07, 6.45) is 7.46. The number of nitro benzene ring substituents is 1. The van der Waals surface area contributed by atoms with Crippen molar-refractivity contribution in [3.05, 3.63) is 111 Å². The number of pyridine rings is 2. The van der Waals surface area contributed by atoms with Gasteiger partial charge in [0.2, 0.25) is 5.58 Å². The molecule has 280 valence electrons. The highest BCUT2D eigenvalue weighted by Crippen LogP contribution is 2.53. The highest BCUT2D eigenvalue weighted by Gasteiger charge is 2.43. The molecule has 4 heterocycles. The van der Waals surface area contributed by atoms with E-state index < -0.39 is 0 Å². The summed E-state index contributed by atoms with van der Waals surface area (Å²) in [6.45, 7) is 6.47. The molecule has 1 saturated heterocycles. The third-order valence-corrected chi connectivity index (χ3v) is 12.3. The maximum absolute atomic E-state index is 12.4. The van der Waals surface area contributed by atoms with E-state index in [4.69, 9.17) is 14.1 Å². The minimum absolute atomic E-state index is 0.0154. The molecule has 9 rings (SSSR count). The molecule has 2 N–H and O–H groups in total. The molecule has 3 aromatic heterocycles. The zero-order valence-electron chi connectivity index (χ0n) is 31.2. The van der Waals surface area contributed by atoms with E-state index in [-0.39, 0.29) is 34.5 Å². The Balaban J connectivity index is 1.02. The fourth-order valence-electron chi connectivity index (χ4n) is 9.32. The maximum Gasteiger partial charge on any atom is 0.312 e. The van der Waals surface area contributed by atoms with Gasteiger partial charge in [-0.3, -0.25) is 24.8 Å². The van der Waals surface area contributed by atoms with Crippen LogP contribution in [-0.4, -0.2) is 57.2 Å². The van der Waals surface area contributed by atoms with Crippen molar-refractivity contribution in [2.45, 2.75) is 64.5 Å². The SMILES string of the molecule is COC(=O)C1CC(C2CCc3c2cc([N+](=O)[O-])c2oc(-c4cccc(-c5cccc(Nc6nccc7cc(CN8CC[C@@H](O)C8)cnc67)c5C)c4C)cc32)C1. The number of anilines is 2. The molecule has 2 atom stereocenters. The second-order valence-electron chi connectivity index (χ2n) is 15.5. The van der Waals surface area contributed by atoms with Gasteiger partial charge < -0.3 is 19.6 Å². The minimum Gasteiger partial charge on any atom is -0.469 e. The van der Waals surface area contributed by atoms with Gasteiger partial charge in [0.1, 0.15) is 11.3 Å². The molecule has 0 radical (unpaired) electrons. The van der Waals surface area contributed by atoms with Crippen LogP contribution in [0.25, 0.3) is 44.3 Å². The summed E-state index contributed by atoms with van der Waals surface area (Å²) in [5.41, 5.74) is 10.2. The molecule has 0 bridgehead atoms. The summed E-state index contributed by atoms with van der Waals surface area (Å²) in [5.74, 6) is 1.50. The number of nitro groups is 1. The first-order valence-electron chi connectivity index (χ1n) is 19.1. The van der Waals surface area contributed by atoms with Gasteiger partial charge in [-0.25, -0.2) is 4.98 Å². The van der Waals surface area contributed by atoms with Crippen LogP contribution in [0.3, 0.4) is 0 Å². The number of likely N-dealkylation sites (tertiary alicyclic amines) is 1. The lowest BCUT2D eigenvalue weighted by molar-refractivity contribution is -0.383. The van der Waals surface area contributed by atoms with Gasteiger partial charge in [-0.1, -0.05) is 30.3 Å². The van der Waals surface area contributed by atoms with E-state index in [0.717, 1.165) is 112 Å². The number of fused-ring (bicyclic) bond motifs is 4. The summed E-state index contributed by atoms with van der Waals surface area (Å²) >= 11 is 0. The van der Waals surface area contributed by atoms with Gasteiger partial charge in [-0.05, 0) is 121 Å². The van der Waals surface area contributed by atoms with Crippen molar-refractivity contribution in [2.24, 2.45) is 11.8 Å². The topological polar surface area (TPSA) is 144 Å². The number of methoxy groups -OCH3 is 1. The normalized spacial score (nSPS) is 20.8. The Morgan fingerprint density at radius 1 is 1.04 bits per heavy atom. The number of hydrogen-bond acceptors (Lipinski definition) is 10. The average Bonchev–Trinajstić information content (AvgIpc) is 3.90. The predicted octanol–water partition coefficient (Wildman–Crippen LogP) is 8.77. The van der Waals surface area contributed by atoms with Crippen molar-refractivity contribution in [3.63, 3.8) is 0 Å². The highest BCUT2D eigenvalue weighted by molar-refractivity contribution is 5.95. The predicted molar refractivity (Wildman–Crippen MR) is 211 cm³/mol. The van der Waals surface area contributed by atoms with Crippen LogP contribution in [0.15, 0.2) is 77.5 Å². The smallest absolute Gasteiger partial charge is 0.312 e. The monoisotopic (exact) mass is 737 g/mol. The molecule has 11 heteroatoms. The van der Waals surface area contributed by atoms with Crippen molar-refractivity contribution in [3.8, 4) is 22.5 Å². The molecule has 2 aliphatic carbocycles. The summed E-state index contributed by atoms with van der Waals surface area (Å²) in [7, 11) is 1.42. The number of carbonyl (C=O) groups excluding carboxylic acids is 1. The van der Waals surface area contributed by atoms with E-state index in [0.29, 0.717) is 29.6 Å². The molecular weight excluding hydrogens is 695 g/mol. The molecule has 1 aliphatic heterocycles. The Kier molecular flexibility index (Phi) is 8.86. The van der Waals surface area contributed by atoms with Gasteiger partial charge in [-0.2, -0.15) is 0 Å². The van der Waals surface area contributed by atoms with Crippen LogP contribution in [0.2, 0.25) is 0 Å². The first kappa shape index (κ1) is 35.1. The first-order valence-corrected chi connectivity index (χ1v) is 19.1. The number of ether oxygens (including phenoxy) is 1. The number of aliphatic hydroxyl groups is 1. The second-order valence-corrected chi connectivity index (χ2v) is 15.5. The number of nitrogens with one attached hydrogen (secondary N) is 1. The van der Waals surface area contributed by atoms with Gasteiger partial charge in [-0.15, -0.1) is 0 Å². The van der Waals surface area contributed by atoms with Crippen LogP contribution in [0.4, 0.5) is 17.2 Å². The van der Waals surface area contributed by atoms with Gasteiger partial charge in [0, 0.05) is 60.1 Å². The zero-order chi connectivity index (χ0) is 38.0. The van der Waals surface area contributed by atoms with Crippen LogP contribution in [0, 0.1) is 35.8 Å². The summed E-state index contributed by atoms with van der Waals surface area (Å²) < 4.78 is 11.4. The lowest BCUT2D eigenvalue weighted by Gasteiger charge is -2.37. The lowest BCUT2D eigenvalue weighted by Crippen LogP contribution is -2.34. The van der Waals surface area contributed by atoms with Crippen molar-refractivity contribution in [2.75, 3.05) is 25.5 Å². The largest absolute Gasteiger partial charge is 0.469 e. The average molecular weight is 738 g/mol. The van der Waals surface area contributed by atoms with Crippen LogP contribution in [0.1, 0.15) is 59.4 Å². The lowest BCUT2D eigenvalue weighted by atomic mass is 9.67. The van der Waals surface area contributed by atoms with Crippen LogP contribution in [-0.2, 0) is 22.5 Å². The van der Waals surface area contributed by atoms with Gasteiger partial charge in [0.15, 0.2) is 5.82 Å². The van der Waals surface area contributed by atoms with E-state index in [9.17, 15) is 20.0 Å². The van der Waals surface area contributed by atoms with Gasteiger partial charge in [0.25, 0.3) is 0 Å². The number of esters is 1. The second kappa shape index (κ2) is 13.9. The maximum atomic E-state index is 12.4. The van der Waals surface area contributed by atoms with Gasteiger partial charge in [0.05, 0.1) is 24.1 Å². The third kappa shape index (κ3) is 6.21.